The van der Waals surface area contributed by atoms with Crippen LogP contribution in [-0.4, -0.2) is 30.6 Å². The number of carbonyl (C=O) groups excluding carboxylic acids is 3. The fourth-order valence-corrected chi connectivity index (χ4v) is 5.75. The van der Waals surface area contributed by atoms with E-state index >= 15 is 0 Å². The van der Waals surface area contributed by atoms with Crippen molar-refractivity contribution < 1.29 is 23.9 Å². The van der Waals surface area contributed by atoms with E-state index in [1.165, 1.54) is 4.90 Å². The molecule has 3 amide bonds. The number of hydrogen-bond acceptors (Lipinski definition) is 6. The second-order valence-electron chi connectivity index (χ2n) is 9.24. The number of hydrogen-bond donors (Lipinski definition) is 2. The van der Waals surface area contributed by atoms with Crippen molar-refractivity contribution in [2.24, 2.45) is 17.8 Å². The van der Waals surface area contributed by atoms with Crippen molar-refractivity contribution in [1.29, 1.82) is 0 Å². The number of benzene rings is 2. The smallest absolute Gasteiger partial charge is 0.250 e. The van der Waals surface area contributed by atoms with Crippen LogP contribution in [0.3, 0.4) is 0 Å². The summed E-state index contributed by atoms with van der Waals surface area (Å²) in [5.74, 6) is -1.04. The minimum atomic E-state index is -1.27. The van der Waals surface area contributed by atoms with Crippen molar-refractivity contribution in [2.75, 3.05) is 17.0 Å². The Morgan fingerprint density at radius 3 is 2.66 bits per heavy atom. The van der Waals surface area contributed by atoms with Crippen LogP contribution in [0.2, 0.25) is 0 Å². The maximum atomic E-state index is 13.9. The normalized spacial score (nSPS) is 29.8. The van der Waals surface area contributed by atoms with E-state index in [1.54, 1.807) is 18.2 Å². The average molecular weight is 433 g/mol. The van der Waals surface area contributed by atoms with Crippen molar-refractivity contribution in [3.8, 4) is 11.5 Å². The predicted octanol–water partition coefficient (Wildman–Crippen LogP) is 2.39. The molecule has 4 aliphatic heterocycles. The van der Waals surface area contributed by atoms with E-state index in [2.05, 4.69) is 24.5 Å². The standard InChI is InChI=1S/C24H23N3O5/c1-12(2)9-16-19-20(24(26-16)14-5-3-4-6-15(14)25-23(24)30)22(29)27(21(19)28)13-7-8-17-18(10-13)32-11-31-17/h3-8,10,12,16,19-20,26H,9,11H2,1-2H3,(H,25,30). The molecule has 1 spiro atoms. The van der Waals surface area contributed by atoms with Gasteiger partial charge < -0.3 is 14.8 Å². The lowest BCUT2D eigenvalue weighted by molar-refractivity contribution is -0.130. The third-order valence-corrected chi connectivity index (χ3v) is 6.96. The van der Waals surface area contributed by atoms with Gasteiger partial charge in [0, 0.05) is 23.4 Å². The topological polar surface area (TPSA) is 97.0 Å². The molecule has 0 radical (unpaired) electrons. The first-order chi connectivity index (χ1) is 15.4. The zero-order chi connectivity index (χ0) is 22.2. The Morgan fingerprint density at radius 1 is 1.06 bits per heavy atom. The van der Waals surface area contributed by atoms with Gasteiger partial charge in [0.05, 0.1) is 17.5 Å². The number of amides is 3. The predicted molar refractivity (Wildman–Crippen MR) is 115 cm³/mol. The van der Waals surface area contributed by atoms with Crippen LogP contribution < -0.4 is 25.0 Å². The molecule has 0 aromatic heterocycles. The molecule has 4 heterocycles. The highest BCUT2D eigenvalue weighted by Crippen LogP contribution is 2.54. The van der Waals surface area contributed by atoms with Crippen LogP contribution in [-0.2, 0) is 19.9 Å². The first-order valence-corrected chi connectivity index (χ1v) is 10.9. The Balaban J connectivity index is 1.49. The van der Waals surface area contributed by atoms with E-state index in [4.69, 9.17) is 9.47 Å². The van der Waals surface area contributed by atoms with Crippen molar-refractivity contribution in [1.82, 2.24) is 5.32 Å². The third kappa shape index (κ3) is 2.38. The van der Waals surface area contributed by atoms with Crippen LogP contribution in [0.5, 0.6) is 11.5 Å². The van der Waals surface area contributed by atoms with Crippen molar-refractivity contribution in [3.05, 3.63) is 48.0 Å². The molecule has 2 aromatic carbocycles. The summed E-state index contributed by atoms with van der Waals surface area (Å²) in [4.78, 5) is 42.2. The van der Waals surface area contributed by atoms with Crippen LogP contribution in [0.1, 0.15) is 25.8 Å². The first kappa shape index (κ1) is 19.3. The fraction of sp³-hybridized carbons (Fsp3) is 0.375. The number of rotatable bonds is 3. The molecule has 6 rings (SSSR count). The lowest BCUT2D eigenvalue weighted by Gasteiger charge is -2.29. The largest absolute Gasteiger partial charge is 0.454 e. The van der Waals surface area contributed by atoms with Gasteiger partial charge in [-0.2, -0.15) is 0 Å². The molecular formula is C24H23N3O5. The van der Waals surface area contributed by atoms with Crippen LogP contribution >= 0.6 is 0 Å². The van der Waals surface area contributed by atoms with Gasteiger partial charge in [-0.15, -0.1) is 0 Å². The zero-order valence-electron chi connectivity index (χ0n) is 17.8. The molecule has 164 valence electrons. The highest BCUT2D eigenvalue weighted by Gasteiger charge is 2.70. The van der Waals surface area contributed by atoms with E-state index in [0.717, 1.165) is 5.56 Å². The summed E-state index contributed by atoms with van der Waals surface area (Å²) in [7, 11) is 0. The Kier molecular flexibility index (Phi) is 3.96. The number of imide groups is 1. The van der Waals surface area contributed by atoms with Crippen LogP contribution in [0, 0.1) is 17.8 Å². The lowest BCUT2D eigenvalue weighted by atomic mass is 9.76. The number of carbonyl (C=O) groups is 3. The van der Waals surface area contributed by atoms with E-state index in [-0.39, 0.29) is 36.5 Å². The fourth-order valence-electron chi connectivity index (χ4n) is 5.75. The van der Waals surface area contributed by atoms with Gasteiger partial charge in [-0.25, -0.2) is 4.90 Å². The van der Waals surface area contributed by atoms with Crippen molar-refractivity contribution in [2.45, 2.75) is 31.8 Å². The minimum absolute atomic E-state index is 0.104. The summed E-state index contributed by atoms with van der Waals surface area (Å²) >= 11 is 0. The highest BCUT2D eigenvalue weighted by atomic mass is 16.7. The van der Waals surface area contributed by atoms with Crippen LogP contribution in [0.25, 0.3) is 0 Å². The molecule has 8 nitrogen and oxygen atoms in total. The summed E-state index contributed by atoms with van der Waals surface area (Å²) in [5.41, 5.74) is 0.568. The number of nitrogens with one attached hydrogen (secondary N) is 2. The molecule has 8 heteroatoms. The summed E-state index contributed by atoms with van der Waals surface area (Å²) in [5, 5.41) is 6.38. The van der Waals surface area contributed by atoms with Gasteiger partial charge in [0.1, 0.15) is 5.54 Å². The van der Waals surface area contributed by atoms with E-state index in [0.29, 0.717) is 29.3 Å². The second kappa shape index (κ2) is 6.56. The summed E-state index contributed by atoms with van der Waals surface area (Å²) in [6.07, 6.45) is 0.673. The monoisotopic (exact) mass is 433 g/mol. The van der Waals surface area contributed by atoms with Crippen molar-refractivity contribution >= 4 is 29.1 Å². The molecular weight excluding hydrogens is 410 g/mol. The molecule has 2 fully saturated rings. The molecule has 2 aromatic rings. The van der Waals surface area contributed by atoms with Crippen molar-refractivity contribution in [3.63, 3.8) is 0 Å². The summed E-state index contributed by atoms with van der Waals surface area (Å²) in [6.45, 7) is 4.24. The van der Waals surface area contributed by atoms with Gasteiger partial charge in [-0.1, -0.05) is 32.0 Å². The van der Waals surface area contributed by atoms with Gasteiger partial charge in [0.25, 0.3) is 0 Å². The van der Waals surface area contributed by atoms with Crippen LogP contribution in [0.15, 0.2) is 42.5 Å². The first-order valence-electron chi connectivity index (χ1n) is 10.9. The second-order valence-corrected chi connectivity index (χ2v) is 9.24. The molecule has 2 saturated heterocycles. The lowest BCUT2D eigenvalue weighted by Crippen LogP contribution is -2.53. The Morgan fingerprint density at radius 2 is 1.84 bits per heavy atom. The Labute approximate surface area is 184 Å². The van der Waals surface area contributed by atoms with E-state index in [9.17, 15) is 14.4 Å². The number of anilines is 2. The molecule has 0 saturated carbocycles. The molecule has 2 N–H and O–H groups in total. The molecule has 4 atom stereocenters. The average Bonchev–Trinajstić information content (AvgIpc) is 3.48. The van der Waals surface area contributed by atoms with E-state index < -0.39 is 17.4 Å². The molecule has 0 aliphatic carbocycles. The van der Waals surface area contributed by atoms with Gasteiger partial charge in [0.15, 0.2) is 11.5 Å². The maximum absolute atomic E-state index is 13.9. The minimum Gasteiger partial charge on any atom is -0.454 e. The zero-order valence-corrected chi connectivity index (χ0v) is 17.8. The Bertz CT molecular complexity index is 1180. The molecule has 0 bridgehead atoms. The number of nitrogens with zero attached hydrogens (tertiary/aromatic N) is 1. The number of fused-ring (bicyclic) bond motifs is 5. The molecule has 4 unspecified atom stereocenters. The van der Waals surface area contributed by atoms with Gasteiger partial charge in [-0.05, 0) is 30.5 Å². The number of para-hydroxylation sites is 1. The molecule has 32 heavy (non-hydrogen) atoms. The quantitative estimate of drug-likeness (QED) is 0.722. The summed E-state index contributed by atoms with van der Waals surface area (Å²) in [6, 6.07) is 12.1. The van der Waals surface area contributed by atoms with E-state index in [1.807, 2.05) is 24.3 Å². The van der Waals surface area contributed by atoms with Crippen LogP contribution in [0.4, 0.5) is 11.4 Å². The van der Waals surface area contributed by atoms with Gasteiger partial charge in [0.2, 0.25) is 24.5 Å². The highest BCUT2D eigenvalue weighted by molar-refractivity contribution is 6.25. The van der Waals surface area contributed by atoms with Gasteiger partial charge >= 0.3 is 0 Å². The third-order valence-electron chi connectivity index (χ3n) is 6.96. The number of ether oxygens (including phenoxy) is 2. The summed E-state index contributed by atoms with van der Waals surface area (Å²) < 4.78 is 10.8. The SMILES string of the molecule is CC(C)CC1NC2(C(=O)Nc3ccccc32)C2C(=O)N(c3ccc4c(c3)OCO4)C(=O)C12. The van der Waals surface area contributed by atoms with Gasteiger partial charge in [-0.3, -0.25) is 19.7 Å². The molecule has 4 aliphatic rings. The maximum Gasteiger partial charge on any atom is 0.250 e. The Hall–Kier alpha value is -3.39.